The van der Waals surface area contributed by atoms with Gasteiger partial charge in [-0.15, -0.1) is 0 Å². The van der Waals surface area contributed by atoms with Crippen LogP contribution in [0.1, 0.15) is 25.3 Å². The van der Waals surface area contributed by atoms with Gasteiger partial charge in [0.2, 0.25) is 11.8 Å². The summed E-state index contributed by atoms with van der Waals surface area (Å²) in [5, 5.41) is 7.26. The van der Waals surface area contributed by atoms with Crippen LogP contribution in [-0.2, 0) is 9.59 Å². The molecule has 3 heterocycles. The number of carbonyl (C=O) groups excluding carboxylic acids is 2. The number of hydrogen-bond donors (Lipinski definition) is 1. The molecule has 7 nitrogen and oxygen atoms in total. The van der Waals surface area contributed by atoms with E-state index in [1.165, 1.54) is 11.0 Å². The second-order valence-corrected chi connectivity index (χ2v) is 7.69. The molecule has 2 aliphatic rings. The molecule has 0 spiro atoms. The zero-order chi connectivity index (χ0) is 20.5. The summed E-state index contributed by atoms with van der Waals surface area (Å²) >= 11 is 0. The van der Waals surface area contributed by atoms with Crippen LogP contribution >= 0.6 is 0 Å². The fraction of sp³-hybridized carbons (Fsp3) is 0.450. The number of nitrogens with one attached hydrogen (secondary N) is 1. The zero-order valence-corrected chi connectivity index (χ0v) is 16.1. The minimum atomic E-state index is -1.02. The molecule has 2 saturated heterocycles. The van der Waals surface area contributed by atoms with Crippen LogP contribution in [0.15, 0.2) is 30.5 Å². The summed E-state index contributed by atoms with van der Waals surface area (Å²) in [6.45, 7) is 2.06. The van der Waals surface area contributed by atoms with Crippen molar-refractivity contribution >= 4 is 23.3 Å². The third kappa shape index (κ3) is 4.00. The quantitative estimate of drug-likeness (QED) is 0.851. The fourth-order valence-corrected chi connectivity index (χ4v) is 3.96. The highest BCUT2D eigenvalue weighted by atomic mass is 19.2. The lowest BCUT2D eigenvalue weighted by Crippen LogP contribution is -2.33. The Morgan fingerprint density at radius 3 is 2.66 bits per heavy atom. The minimum absolute atomic E-state index is 0.0210. The Labute approximate surface area is 167 Å². The van der Waals surface area contributed by atoms with Crippen molar-refractivity contribution in [1.82, 2.24) is 14.7 Å². The molecule has 1 aromatic carbocycles. The monoisotopic (exact) mass is 403 g/mol. The van der Waals surface area contributed by atoms with Gasteiger partial charge in [0.1, 0.15) is 5.82 Å². The van der Waals surface area contributed by atoms with Gasteiger partial charge in [-0.3, -0.25) is 9.59 Å². The number of halogens is 2. The summed E-state index contributed by atoms with van der Waals surface area (Å²) < 4.78 is 28.5. The normalized spacial score (nSPS) is 21.0. The maximum atomic E-state index is 13.5. The van der Waals surface area contributed by atoms with Crippen LogP contribution in [0.5, 0.6) is 0 Å². The maximum absolute atomic E-state index is 13.5. The standard InChI is InChI=1S/C20H23F2N5O2/c1-25-8-5-14(6-9-25)27-18(4-7-23-27)24-20(29)13-10-19(28)26(12-13)15-2-3-16(21)17(22)11-15/h2-4,7,11,13-14H,5-6,8-10,12H2,1H3,(H,24,29). The molecule has 0 radical (unpaired) electrons. The molecular weight excluding hydrogens is 380 g/mol. The number of nitrogens with zero attached hydrogens (tertiary/aromatic N) is 4. The largest absolute Gasteiger partial charge is 0.311 e. The molecular formula is C20H23F2N5O2. The second-order valence-electron chi connectivity index (χ2n) is 7.69. The van der Waals surface area contributed by atoms with Gasteiger partial charge in [-0.2, -0.15) is 5.10 Å². The van der Waals surface area contributed by atoms with Crippen molar-refractivity contribution < 1.29 is 18.4 Å². The van der Waals surface area contributed by atoms with E-state index < -0.39 is 17.6 Å². The Morgan fingerprint density at radius 1 is 1.17 bits per heavy atom. The van der Waals surface area contributed by atoms with Crippen molar-refractivity contribution in [3.05, 3.63) is 42.1 Å². The van der Waals surface area contributed by atoms with E-state index in [9.17, 15) is 18.4 Å². The van der Waals surface area contributed by atoms with E-state index >= 15 is 0 Å². The van der Waals surface area contributed by atoms with Crippen LogP contribution in [-0.4, -0.2) is 53.2 Å². The van der Waals surface area contributed by atoms with Gasteiger partial charge in [-0.25, -0.2) is 13.5 Å². The number of anilines is 2. The SMILES string of the molecule is CN1CCC(n2nccc2NC(=O)C2CC(=O)N(c3ccc(F)c(F)c3)C2)CC1. The van der Waals surface area contributed by atoms with Crippen molar-refractivity contribution in [3.8, 4) is 0 Å². The van der Waals surface area contributed by atoms with Gasteiger partial charge < -0.3 is 15.1 Å². The number of rotatable bonds is 4. The molecule has 1 N–H and O–H groups in total. The lowest BCUT2D eigenvalue weighted by Gasteiger charge is -2.30. The number of hydrogen-bond acceptors (Lipinski definition) is 4. The van der Waals surface area contributed by atoms with E-state index in [0.717, 1.165) is 38.1 Å². The van der Waals surface area contributed by atoms with E-state index in [-0.39, 0.29) is 36.5 Å². The number of piperidine rings is 1. The second kappa shape index (κ2) is 7.90. The van der Waals surface area contributed by atoms with Crippen LogP contribution in [0.25, 0.3) is 0 Å². The van der Waals surface area contributed by atoms with Crippen molar-refractivity contribution in [2.45, 2.75) is 25.3 Å². The molecule has 29 heavy (non-hydrogen) atoms. The Balaban J connectivity index is 1.43. The fourth-order valence-electron chi connectivity index (χ4n) is 3.96. The van der Waals surface area contributed by atoms with Gasteiger partial charge >= 0.3 is 0 Å². The lowest BCUT2D eigenvalue weighted by atomic mass is 10.1. The van der Waals surface area contributed by atoms with Crippen LogP contribution in [0.4, 0.5) is 20.3 Å². The average molecular weight is 403 g/mol. The van der Waals surface area contributed by atoms with Crippen molar-refractivity contribution in [3.63, 3.8) is 0 Å². The molecule has 2 fully saturated rings. The minimum Gasteiger partial charge on any atom is -0.311 e. The summed E-state index contributed by atoms with van der Waals surface area (Å²) in [6, 6.07) is 5.26. The van der Waals surface area contributed by atoms with Crippen molar-refractivity contribution in [1.29, 1.82) is 0 Å². The smallest absolute Gasteiger partial charge is 0.230 e. The van der Waals surface area contributed by atoms with E-state index in [2.05, 4.69) is 22.4 Å². The highest BCUT2D eigenvalue weighted by molar-refractivity contribution is 6.03. The first-order valence-electron chi connectivity index (χ1n) is 9.70. The summed E-state index contributed by atoms with van der Waals surface area (Å²) in [5.41, 5.74) is 0.251. The molecule has 1 atom stereocenters. The topological polar surface area (TPSA) is 70.5 Å². The molecule has 0 bridgehead atoms. The summed E-state index contributed by atoms with van der Waals surface area (Å²) in [5.74, 6) is -2.53. The van der Waals surface area contributed by atoms with Crippen molar-refractivity contribution in [2.24, 2.45) is 5.92 Å². The first-order valence-corrected chi connectivity index (χ1v) is 9.70. The lowest BCUT2D eigenvalue weighted by molar-refractivity contribution is -0.122. The molecule has 0 aliphatic carbocycles. The molecule has 154 valence electrons. The number of benzene rings is 1. The van der Waals surface area contributed by atoms with E-state index in [1.807, 2.05) is 4.68 Å². The highest BCUT2D eigenvalue weighted by Gasteiger charge is 2.36. The number of likely N-dealkylation sites (tertiary alicyclic amines) is 1. The zero-order valence-electron chi connectivity index (χ0n) is 16.1. The number of aromatic nitrogens is 2. The molecule has 1 aromatic heterocycles. The molecule has 4 rings (SSSR count). The molecule has 1 unspecified atom stereocenters. The third-order valence-electron chi connectivity index (χ3n) is 5.67. The first kappa shape index (κ1) is 19.5. The van der Waals surface area contributed by atoms with Gasteiger partial charge in [0.05, 0.1) is 18.2 Å². The first-order chi connectivity index (χ1) is 13.9. The molecule has 2 aromatic rings. The Bertz CT molecular complexity index is 923. The van der Waals surface area contributed by atoms with Crippen molar-refractivity contribution in [2.75, 3.05) is 36.9 Å². The van der Waals surface area contributed by atoms with E-state index in [4.69, 9.17) is 0 Å². The Hall–Kier alpha value is -2.81. The third-order valence-corrected chi connectivity index (χ3v) is 5.67. The average Bonchev–Trinajstić information content (AvgIpc) is 3.31. The molecule has 2 amide bonds. The van der Waals surface area contributed by atoms with E-state index in [0.29, 0.717) is 5.82 Å². The highest BCUT2D eigenvalue weighted by Crippen LogP contribution is 2.28. The number of amides is 2. The molecule has 0 saturated carbocycles. The summed E-state index contributed by atoms with van der Waals surface area (Å²) in [6.07, 6.45) is 3.58. The van der Waals surface area contributed by atoms with Crippen LogP contribution < -0.4 is 10.2 Å². The van der Waals surface area contributed by atoms with Gasteiger partial charge in [0.15, 0.2) is 11.6 Å². The molecule has 2 aliphatic heterocycles. The van der Waals surface area contributed by atoms with Crippen LogP contribution in [0.3, 0.4) is 0 Å². The van der Waals surface area contributed by atoms with Crippen LogP contribution in [0.2, 0.25) is 0 Å². The summed E-state index contributed by atoms with van der Waals surface area (Å²) in [4.78, 5) is 28.7. The Kier molecular flexibility index (Phi) is 5.31. The molecule has 9 heteroatoms. The van der Waals surface area contributed by atoms with Gasteiger partial charge in [0.25, 0.3) is 0 Å². The predicted octanol–water partition coefficient (Wildman–Crippen LogP) is 2.42. The van der Waals surface area contributed by atoms with Gasteiger partial charge in [0, 0.05) is 30.8 Å². The number of carbonyl (C=O) groups is 2. The van der Waals surface area contributed by atoms with E-state index in [1.54, 1.807) is 12.3 Å². The van der Waals surface area contributed by atoms with Gasteiger partial charge in [-0.1, -0.05) is 0 Å². The van der Waals surface area contributed by atoms with Crippen LogP contribution in [0, 0.1) is 17.6 Å². The van der Waals surface area contributed by atoms with Gasteiger partial charge in [-0.05, 0) is 45.1 Å². The summed E-state index contributed by atoms with van der Waals surface area (Å²) in [7, 11) is 2.08. The maximum Gasteiger partial charge on any atom is 0.230 e. The Morgan fingerprint density at radius 2 is 1.93 bits per heavy atom. The predicted molar refractivity (Wildman–Crippen MR) is 103 cm³/mol.